The number of ether oxygens (including phenoxy) is 3. The molecule has 0 aliphatic carbocycles. The third-order valence-electron chi connectivity index (χ3n) is 5.02. The van der Waals surface area contributed by atoms with Crippen LogP contribution in [0.2, 0.25) is 0 Å². The van der Waals surface area contributed by atoms with Crippen molar-refractivity contribution in [2.24, 2.45) is 0 Å². The van der Waals surface area contributed by atoms with E-state index in [9.17, 15) is 0 Å². The highest BCUT2D eigenvalue weighted by atomic mass is 16.7. The molecule has 1 atom stereocenters. The van der Waals surface area contributed by atoms with Crippen LogP contribution in [-0.2, 0) is 19.8 Å². The smallest absolute Gasteiger partial charge is 0.219 e. The van der Waals surface area contributed by atoms with Gasteiger partial charge in [-0.25, -0.2) is 0 Å². The van der Waals surface area contributed by atoms with Crippen LogP contribution in [0, 0.1) is 0 Å². The molecule has 3 heteroatoms. The molecule has 0 N–H and O–H groups in total. The molecule has 1 aliphatic heterocycles. The van der Waals surface area contributed by atoms with E-state index in [4.69, 9.17) is 14.2 Å². The summed E-state index contributed by atoms with van der Waals surface area (Å²) in [5, 5.41) is 0. The Morgan fingerprint density at radius 3 is 1.69 bits per heavy atom. The first-order valence-electron chi connectivity index (χ1n) is 9.70. The lowest BCUT2D eigenvalue weighted by Crippen LogP contribution is -2.34. The predicted molar refractivity (Wildman–Crippen MR) is 114 cm³/mol. The van der Waals surface area contributed by atoms with Gasteiger partial charge in [0.2, 0.25) is 6.29 Å². The molecular weight excluding hydrogens is 360 g/mol. The van der Waals surface area contributed by atoms with Crippen LogP contribution < -0.4 is 0 Å². The minimum absolute atomic E-state index is 0.308. The van der Waals surface area contributed by atoms with Gasteiger partial charge in [0.15, 0.2) is 0 Å². The fourth-order valence-electron chi connectivity index (χ4n) is 3.64. The maximum absolute atomic E-state index is 6.74. The van der Waals surface area contributed by atoms with Crippen molar-refractivity contribution in [3.05, 3.63) is 132 Å². The quantitative estimate of drug-likeness (QED) is 0.508. The summed E-state index contributed by atoms with van der Waals surface area (Å²) in [5.74, 6) is 0.728. The molecule has 0 unspecified atom stereocenters. The minimum atomic E-state index is -0.766. The monoisotopic (exact) mass is 384 g/mol. The molecule has 0 aromatic heterocycles. The Labute approximate surface area is 171 Å². The molecule has 0 bridgehead atoms. The molecule has 3 nitrogen and oxygen atoms in total. The van der Waals surface area contributed by atoms with Crippen molar-refractivity contribution in [1.29, 1.82) is 0 Å². The summed E-state index contributed by atoms with van der Waals surface area (Å²) >= 11 is 0. The lowest BCUT2D eigenvalue weighted by atomic mass is 9.80. The summed E-state index contributed by atoms with van der Waals surface area (Å²) in [7, 11) is 1.63. The Morgan fingerprint density at radius 1 is 0.759 bits per heavy atom. The first-order valence-corrected chi connectivity index (χ1v) is 9.70. The fourth-order valence-corrected chi connectivity index (χ4v) is 3.64. The average molecular weight is 384 g/mol. The molecule has 3 aromatic carbocycles. The van der Waals surface area contributed by atoms with Gasteiger partial charge in [-0.15, -0.1) is 0 Å². The number of benzene rings is 3. The zero-order valence-electron chi connectivity index (χ0n) is 16.4. The molecule has 0 saturated heterocycles. The van der Waals surface area contributed by atoms with Crippen LogP contribution in [0.1, 0.15) is 16.7 Å². The fraction of sp³-hybridized carbons (Fsp3) is 0.154. The SMILES string of the molecule is CO[C@@H]1C=CC=C(COC(c2ccccc2)(c2ccccc2)c2ccccc2)O1. The molecule has 0 spiro atoms. The molecule has 0 amide bonds. The molecule has 1 aliphatic rings. The van der Waals surface area contributed by atoms with Crippen molar-refractivity contribution in [2.75, 3.05) is 13.7 Å². The Kier molecular flexibility index (Phi) is 5.89. The maximum atomic E-state index is 6.74. The molecular formula is C26H24O3. The van der Waals surface area contributed by atoms with Crippen LogP contribution in [0.4, 0.5) is 0 Å². The van der Waals surface area contributed by atoms with Crippen molar-refractivity contribution < 1.29 is 14.2 Å². The van der Waals surface area contributed by atoms with Crippen LogP contribution >= 0.6 is 0 Å². The highest BCUT2D eigenvalue weighted by molar-refractivity contribution is 5.47. The lowest BCUT2D eigenvalue weighted by molar-refractivity contribution is -0.0825. The van der Waals surface area contributed by atoms with Crippen LogP contribution in [0.3, 0.4) is 0 Å². The van der Waals surface area contributed by atoms with Crippen LogP contribution in [0.15, 0.2) is 115 Å². The van der Waals surface area contributed by atoms with Gasteiger partial charge in [-0.3, -0.25) is 0 Å². The van der Waals surface area contributed by atoms with Crippen molar-refractivity contribution in [3.63, 3.8) is 0 Å². The zero-order chi connectivity index (χ0) is 19.9. The summed E-state index contributed by atoms with van der Waals surface area (Å²) in [6.45, 7) is 0.308. The second-order valence-electron chi connectivity index (χ2n) is 6.81. The third kappa shape index (κ3) is 4.02. The molecule has 0 fully saturated rings. The van der Waals surface area contributed by atoms with Gasteiger partial charge in [-0.2, -0.15) is 0 Å². The van der Waals surface area contributed by atoms with E-state index in [0.29, 0.717) is 6.61 Å². The van der Waals surface area contributed by atoms with Gasteiger partial charge in [0, 0.05) is 7.11 Å². The van der Waals surface area contributed by atoms with Gasteiger partial charge >= 0.3 is 0 Å². The second kappa shape index (κ2) is 8.91. The summed E-state index contributed by atoms with van der Waals surface area (Å²) in [6, 6.07) is 30.9. The maximum Gasteiger partial charge on any atom is 0.219 e. The van der Waals surface area contributed by atoms with Gasteiger partial charge in [0.1, 0.15) is 18.0 Å². The number of allylic oxidation sites excluding steroid dienone is 2. The summed E-state index contributed by atoms with van der Waals surface area (Å²) in [5.41, 5.74) is 2.42. The normalized spacial score (nSPS) is 16.2. The van der Waals surface area contributed by atoms with E-state index in [1.165, 1.54) is 0 Å². The van der Waals surface area contributed by atoms with Gasteiger partial charge in [-0.1, -0.05) is 97.1 Å². The standard InChI is InChI=1S/C26H24O3/c1-27-25-19-11-18-24(29-25)20-28-26(21-12-5-2-6-13-21,22-14-7-3-8-15-22)23-16-9-4-10-17-23/h2-19,25H,20H2,1H3/t25-/m0/s1. The molecule has 146 valence electrons. The highest BCUT2D eigenvalue weighted by Gasteiger charge is 2.38. The topological polar surface area (TPSA) is 27.7 Å². The first kappa shape index (κ1) is 19.2. The minimum Gasteiger partial charge on any atom is -0.463 e. The Bertz CT molecular complexity index is 866. The summed E-state index contributed by atoms with van der Waals surface area (Å²) in [4.78, 5) is 0. The number of methoxy groups -OCH3 is 1. The number of rotatable bonds is 7. The Hall–Kier alpha value is -3.14. The second-order valence-corrected chi connectivity index (χ2v) is 6.81. The molecule has 0 radical (unpaired) electrons. The lowest BCUT2D eigenvalue weighted by Gasteiger charge is -2.36. The van der Waals surface area contributed by atoms with Crippen LogP contribution in [0.5, 0.6) is 0 Å². The van der Waals surface area contributed by atoms with Crippen molar-refractivity contribution >= 4 is 0 Å². The van der Waals surface area contributed by atoms with E-state index in [2.05, 4.69) is 36.4 Å². The van der Waals surface area contributed by atoms with Gasteiger partial charge in [-0.05, 0) is 28.8 Å². The van der Waals surface area contributed by atoms with Crippen molar-refractivity contribution in [2.45, 2.75) is 11.9 Å². The van der Waals surface area contributed by atoms with E-state index in [1.54, 1.807) is 7.11 Å². The van der Waals surface area contributed by atoms with E-state index in [1.807, 2.05) is 72.8 Å². The predicted octanol–water partition coefficient (Wildman–Crippen LogP) is 5.44. The van der Waals surface area contributed by atoms with E-state index >= 15 is 0 Å². The molecule has 29 heavy (non-hydrogen) atoms. The third-order valence-corrected chi connectivity index (χ3v) is 5.02. The largest absolute Gasteiger partial charge is 0.463 e. The van der Waals surface area contributed by atoms with E-state index in [0.717, 1.165) is 22.4 Å². The van der Waals surface area contributed by atoms with Gasteiger partial charge < -0.3 is 14.2 Å². The summed E-state index contributed by atoms with van der Waals surface area (Å²) < 4.78 is 17.9. The molecule has 1 heterocycles. The van der Waals surface area contributed by atoms with E-state index < -0.39 is 11.9 Å². The summed E-state index contributed by atoms with van der Waals surface area (Å²) in [6.07, 6.45) is 5.33. The highest BCUT2D eigenvalue weighted by Crippen LogP contribution is 2.40. The molecule has 0 saturated carbocycles. The van der Waals surface area contributed by atoms with Gasteiger partial charge in [0.05, 0.1) is 0 Å². The first-order chi connectivity index (χ1) is 14.3. The molecule has 3 aromatic rings. The average Bonchev–Trinajstić information content (AvgIpc) is 2.82. The Morgan fingerprint density at radius 2 is 1.24 bits per heavy atom. The van der Waals surface area contributed by atoms with Crippen molar-refractivity contribution in [3.8, 4) is 0 Å². The molecule has 4 rings (SSSR count). The number of hydrogen-bond donors (Lipinski definition) is 0. The van der Waals surface area contributed by atoms with Crippen molar-refractivity contribution in [1.82, 2.24) is 0 Å². The van der Waals surface area contributed by atoms with E-state index in [-0.39, 0.29) is 0 Å². The Balaban J connectivity index is 1.80. The van der Waals surface area contributed by atoms with Crippen LogP contribution in [0.25, 0.3) is 0 Å². The van der Waals surface area contributed by atoms with Gasteiger partial charge in [0.25, 0.3) is 0 Å². The number of hydrogen-bond acceptors (Lipinski definition) is 3. The van der Waals surface area contributed by atoms with Crippen LogP contribution in [-0.4, -0.2) is 20.0 Å². The zero-order valence-corrected chi connectivity index (χ0v) is 16.4.